The van der Waals surface area contributed by atoms with Gasteiger partial charge in [-0.25, -0.2) is 0 Å². The second-order valence-electron chi connectivity index (χ2n) is 5.87. The molecule has 1 aromatic rings. The third-order valence-electron chi connectivity index (χ3n) is 4.01. The number of carbonyl (C=O) groups excluding carboxylic acids is 1. The number of amides is 1. The minimum absolute atomic E-state index is 0.0229. The molecule has 0 atom stereocenters. The van der Waals surface area contributed by atoms with Crippen LogP contribution in [-0.2, 0) is 4.79 Å². The van der Waals surface area contributed by atoms with E-state index in [0.717, 1.165) is 24.2 Å². The SMILES string of the molecule is Cc1ccc(Cl)cc1NC(=O)CCNCCC1=CCCCC1. The van der Waals surface area contributed by atoms with Gasteiger partial charge in [-0.3, -0.25) is 4.79 Å². The number of hydrogen-bond donors (Lipinski definition) is 2. The summed E-state index contributed by atoms with van der Waals surface area (Å²) in [7, 11) is 0. The summed E-state index contributed by atoms with van der Waals surface area (Å²) in [4.78, 5) is 11.9. The van der Waals surface area contributed by atoms with Crippen molar-refractivity contribution in [2.45, 2.75) is 45.4 Å². The summed E-state index contributed by atoms with van der Waals surface area (Å²) in [5, 5.41) is 6.90. The van der Waals surface area contributed by atoms with E-state index in [1.165, 1.54) is 25.7 Å². The van der Waals surface area contributed by atoms with Crippen molar-refractivity contribution in [3.05, 3.63) is 40.4 Å². The molecule has 0 unspecified atom stereocenters. The van der Waals surface area contributed by atoms with Gasteiger partial charge in [0.25, 0.3) is 0 Å². The highest BCUT2D eigenvalue weighted by Crippen LogP contribution is 2.20. The second-order valence-corrected chi connectivity index (χ2v) is 6.30. The number of carbonyl (C=O) groups is 1. The van der Waals surface area contributed by atoms with E-state index in [1.807, 2.05) is 19.1 Å². The fourth-order valence-corrected chi connectivity index (χ4v) is 2.82. The van der Waals surface area contributed by atoms with Gasteiger partial charge in [-0.1, -0.05) is 29.3 Å². The van der Waals surface area contributed by atoms with Crippen LogP contribution in [0.5, 0.6) is 0 Å². The lowest BCUT2D eigenvalue weighted by Crippen LogP contribution is -2.23. The maximum Gasteiger partial charge on any atom is 0.225 e. The molecule has 2 rings (SSSR count). The molecule has 22 heavy (non-hydrogen) atoms. The first-order valence-corrected chi connectivity index (χ1v) is 8.47. The van der Waals surface area contributed by atoms with E-state index in [0.29, 0.717) is 18.0 Å². The molecule has 2 N–H and O–H groups in total. The van der Waals surface area contributed by atoms with E-state index in [9.17, 15) is 4.79 Å². The van der Waals surface area contributed by atoms with Crippen molar-refractivity contribution >= 4 is 23.2 Å². The molecule has 0 radical (unpaired) electrons. The predicted octanol–water partition coefficient (Wildman–Crippen LogP) is 4.46. The average Bonchev–Trinajstić information content (AvgIpc) is 2.51. The lowest BCUT2D eigenvalue weighted by molar-refractivity contribution is -0.116. The molecule has 4 heteroatoms. The molecule has 0 saturated carbocycles. The minimum atomic E-state index is 0.0229. The monoisotopic (exact) mass is 320 g/mol. The van der Waals surface area contributed by atoms with Crippen molar-refractivity contribution in [1.82, 2.24) is 5.32 Å². The van der Waals surface area contributed by atoms with Crippen LogP contribution in [0.4, 0.5) is 5.69 Å². The van der Waals surface area contributed by atoms with Crippen LogP contribution in [0.1, 0.15) is 44.1 Å². The zero-order chi connectivity index (χ0) is 15.8. The number of anilines is 1. The van der Waals surface area contributed by atoms with E-state index in [-0.39, 0.29) is 5.91 Å². The summed E-state index contributed by atoms with van der Waals surface area (Å²) in [6, 6.07) is 5.53. The molecule has 120 valence electrons. The summed E-state index contributed by atoms with van der Waals surface area (Å²) in [6.07, 6.45) is 9.10. The highest BCUT2D eigenvalue weighted by molar-refractivity contribution is 6.31. The highest BCUT2D eigenvalue weighted by Gasteiger charge is 2.06. The fraction of sp³-hybridized carbons (Fsp3) is 0.500. The van der Waals surface area contributed by atoms with Gasteiger partial charge in [-0.05, 0) is 63.3 Å². The molecular weight excluding hydrogens is 296 g/mol. The van der Waals surface area contributed by atoms with E-state index in [4.69, 9.17) is 11.6 Å². The molecular formula is C18H25ClN2O. The molecule has 0 fully saturated rings. The molecule has 0 aliphatic heterocycles. The summed E-state index contributed by atoms with van der Waals surface area (Å²) in [5.41, 5.74) is 3.39. The normalized spacial score (nSPS) is 14.5. The Morgan fingerprint density at radius 1 is 1.27 bits per heavy atom. The quantitative estimate of drug-likeness (QED) is 0.575. The van der Waals surface area contributed by atoms with Crippen molar-refractivity contribution in [2.75, 3.05) is 18.4 Å². The number of nitrogens with one attached hydrogen (secondary N) is 2. The largest absolute Gasteiger partial charge is 0.326 e. The smallest absolute Gasteiger partial charge is 0.225 e. The van der Waals surface area contributed by atoms with Crippen LogP contribution in [-0.4, -0.2) is 19.0 Å². The third kappa shape index (κ3) is 5.82. The van der Waals surface area contributed by atoms with Gasteiger partial charge >= 0.3 is 0 Å². The van der Waals surface area contributed by atoms with Gasteiger partial charge < -0.3 is 10.6 Å². The van der Waals surface area contributed by atoms with Crippen LogP contribution in [0.15, 0.2) is 29.8 Å². The topological polar surface area (TPSA) is 41.1 Å². The molecule has 1 aliphatic carbocycles. The lowest BCUT2D eigenvalue weighted by Gasteiger charge is -2.13. The highest BCUT2D eigenvalue weighted by atomic mass is 35.5. The maximum atomic E-state index is 11.9. The molecule has 1 amide bonds. The Hall–Kier alpha value is -1.32. The Labute approximate surface area is 138 Å². The van der Waals surface area contributed by atoms with Crippen LogP contribution in [0, 0.1) is 6.92 Å². The first kappa shape index (κ1) is 17.0. The predicted molar refractivity (Wildman–Crippen MR) is 93.5 cm³/mol. The Balaban J connectivity index is 1.63. The zero-order valence-corrected chi connectivity index (χ0v) is 14.0. The number of benzene rings is 1. The summed E-state index contributed by atoms with van der Waals surface area (Å²) in [6.45, 7) is 3.62. The number of rotatable bonds is 7. The summed E-state index contributed by atoms with van der Waals surface area (Å²) < 4.78 is 0. The maximum absolute atomic E-state index is 11.9. The summed E-state index contributed by atoms with van der Waals surface area (Å²) >= 11 is 5.95. The van der Waals surface area contributed by atoms with E-state index in [1.54, 1.807) is 11.6 Å². The van der Waals surface area contributed by atoms with Gasteiger partial charge in [0.15, 0.2) is 0 Å². The summed E-state index contributed by atoms with van der Waals surface area (Å²) in [5.74, 6) is 0.0229. The van der Waals surface area contributed by atoms with E-state index >= 15 is 0 Å². The first-order valence-electron chi connectivity index (χ1n) is 8.10. The van der Waals surface area contributed by atoms with Crippen LogP contribution < -0.4 is 10.6 Å². The molecule has 0 aromatic heterocycles. The van der Waals surface area contributed by atoms with Crippen molar-refractivity contribution in [2.24, 2.45) is 0 Å². The standard InChI is InChI=1S/C18H25ClN2O/c1-14-7-8-16(19)13-17(14)21-18(22)10-12-20-11-9-15-5-3-2-4-6-15/h5,7-8,13,20H,2-4,6,9-12H2,1H3,(H,21,22). The van der Waals surface area contributed by atoms with E-state index < -0.39 is 0 Å². The van der Waals surface area contributed by atoms with Crippen LogP contribution >= 0.6 is 11.6 Å². The third-order valence-corrected chi connectivity index (χ3v) is 4.25. The van der Waals surface area contributed by atoms with Gasteiger partial charge in [0.1, 0.15) is 0 Å². The van der Waals surface area contributed by atoms with Crippen molar-refractivity contribution in [3.63, 3.8) is 0 Å². The Bertz CT molecular complexity index is 540. The average molecular weight is 321 g/mol. The Kier molecular flexibility index (Phi) is 6.94. The van der Waals surface area contributed by atoms with Crippen LogP contribution in [0.25, 0.3) is 0 Å². The van der Waals surface area contributed by atoms with Gasteiger partial charge in [-0.2, -0.15) is 0 Å². The zero-order valence-electron chi connectivity index (χ0n) is 13.3. The molecule has 0 bridgehead atoms. The molecule has 1 aromatic carbocycles. The van der Waals surface area contributed by atoms with E-state index in [2.05, 4.69) is 16.7 Å². The van der Waals surface area contributed by atoms with Crippen LogP contribution in [0.3, 0.4) is 0 Å². The lowest BCUT2D eigenvalue weighted by atomic mass is 9.97. The van der Waals surface area contributed by atoms with Crippen molar-refractivity contribution in [1.29, 1.82) is 0 Å². The Morgan fingerprint density at radius 3 is 2.91 bits per heavy atom. The first-order chi connectivity index (χ1) is 10.6. The van der Waals surface area contributed by atoms with Crippen molar-refractivity contribution < 1.29 is 4.79 Å². The van der Waals surface area contributed by atoms with Gasteiger partial charge in [0.2, 0.25) is 5.91 Å². The van der Waals surface area contributed by atoms with Crippen molar-refractivity contribution in [3.8, 4) is 0 Å². The number of halogens is 1. The van der Waals surface area contributed by atoms with Gasteiger partial charge in [0, 0.05) is 23.7 Å². The van der Waals surface area contributed by atoms with Crippen LogP contribution in [0.2, 0.25) is 5.02 Å². The molecule has 0 heterocycles. The molecule has 3 nitrogen and oxygen atoms in total. The second kappa shape index (κ2) is 8.96. The number of aryl methyl sites for hydroxylation is 1. The Morgan fingerprint density at radius 2 is 2.14 bits per heavy atom. The molecule has 0 saturated heterocycles. The minimum Gasteiger partial charge on any atom is -0.326 e. The molecule has 0 spiro atoms. The molecule has 1 aliphatic rings. The van der Waals surface area contributed by atoms with Gasteiger partial charge in [-0.15, -0.1) is 0 Å². The van der Waals surface area contributed by atoms with Gasteiger partial charge in [0.05, 0.1) is 0 Å². The fourth-order valence-electron chi connectivity index (χ4n) is 2.65. The number of allylic oxidation sites excluding steroid dienone is 1. The number of hydrogen-bond acceptors (Lipinski definition) is 2.